The first-order chi connectivity index (χ1) is 11.0. The maximum absolute atomic E-state index is 12.7. The largest absolute Gasteiger partial charge is 0.338 e. The van der Waals surface area contributed by atoms with Crippen molar-refractivity contribution in [3.63, 3.8) is 0 Å². The van der Waals surface area contributed by atoms with Gasteiger partial charge in [-0.3, -0.25) is 9.78 Å². The van der Waals surface area contributed by atoms with E-state index in [4.69, 9.17) is 0 Å². The Morgan fingerprint density at radius 3 is 2.57 bits per heavy atom. The smallest absolute Gasteiger partial charge is 0.253 e. The summed E-state index contributed by atoms with van der Waals surface area (Å²) in [7, 11) is 4.03. The molecular weight excluding hydrogens is 286 g/mol. The van der Waals surface area contributed by atoms with Crippen molar-refractivity contribution in [1.82, 2.24) is 14.8 Å². The zero-order chi connectivity index (χ0) is 16.8. The van der Waals surface area contributed by atoms with Gasteiger partial charge in [0.15, 0.2) is 0 Å². The first-order valence-electron chi connectivity index (χ1n) is 7.99. The minimum Gasteiger partial charge on any atom is -0.338 e. The van der Waals surface area contributed by atoms with Crippen LogP contribution in [0.1, 0.15) is 22.8 Å². The Hall–Kier alpha value is -2.20. The molecule has 0 aliphatic carbocycles. The summed E-state index contributed by atoms with van der Waals surface area (Å²) in [6, 6.07) is 11.7. The molecular formula is C19H25N3O. The first kappa shape index (κ1) is 17.2. The minimum absolute atomic E-state index is 0.0739. The standard InChI is InChI=1S/C19H25N3O/c1-5-22(13-12-21(3)4)19(23)17-10-6-9-16(14-17)18-15(2)8-7-11-20-18/h6-11,14H,5,12-13H2,1-4H3. The van der Waals surface area contributed by atoms with Crippen molar-refractivity contribution in [2.75, 3.05) is 33.7 Å². The van der Waals surface area contributed by atoms with Gasteiger partial charge in [-0.05, 0) is 51.7 Å². The predicted octanol–water partition coefficient (Wildman–Crippen LogP) is 3.08. The second kappa shape index (κ2) is 7.88. The fourth-order valence-electron chi connectivity index (χ4n) is 2.49. The molecule has 0 atom stereocenters. The Labute approximate surface area is 138 Å². The molecule has 0 aliphatic heterocycles. The van der Waals surface area contributed by atoms with E-state index in [2.05, 4.69) is 9.88 Å². The summed E-state index contributed by atoms with van der Waals surface area (Å²) in [6.45, 7) is 6.35. The molecule has 0 fully saturated rings. The fourth-order valence-corrected chi connectivity index (χ4v) is 2.49. The van der Waals surface area contributed by atoms with E-state index in [0.717, 1.165) is 29.9 Å². The van der Waals surface area contributed by atoms with Gasteiger partial charge in [-0.1, -0.05) is 18.2 Å². The third kappa shape index (κ3) is 4.39. The van der Waals surface area contributed by atoms with Gasteiger partial charge >= 0.3 is 0 Å². The number of carbonyl (C=O) groups excluding carboxylic acids is 1. The van der Waals surface area contributed by atoms with E-state index in [1.807, 2.05) is 69.2 Å². The molecule has 122 valence electrons. The summed E-state index contributed by atoms with van der Waals surface area (Å²) in [6.07, 6.45) is 1.78. The molecule has 0 spiro atoms. The highest BCUT2D eigenvalue weighted by Gasteiger charge is 2.15. The second-order valence-corrected chi connectivity index (χ2v) is 5.94. The van der Waals surface area contributed by atoms with E-state index in [1.165, 1.54) is 0 Å². The molecule has 0 saturated heterocycles. The van der Waals surface area contributed by atoms with Crippen molar-refractivity contribution in [2.45, 2.75) is 13.8 Å². The minimum atomic E-state index is 0.0739. The van der Waals surface area contributed by atoms with E-state index in [0.29, 0.717) is 12.1 Å². The quantitative estimate of drug-likeness (QED) is 0.822. The number of hydrogen-bond donors (Lipinski definition) is 0. The van der Waals surface area contributed by atoms with Gasteiger partial charge < -0.3 is 9.80 Å². The molecule has 0 radical (unpaired) electrons. The van der Waals surface area contributed by atoms with E-state index < -0.39 is 0 Å². The maximum atomic E-state index is 12.7. The number of pyridine rings is 1. The van der Waals surface area contributed by atoms with Crippen molar-refractivity contribution in [3.05, 3.63) is 53.7 Å². The Balaban J connectivity index is 2.25. The number of rotatable bonds is 6. The molecule has 0 N–H and O–H groups in total. The van der Waals surface area contributed by atoms with Crippen LogP contribution in [-0.4, -0.2) is 54.4 Å². The summed E-state index contributed by atoms with van der Waals surface area (Å²) in [5, 5.41) is 0. The Kier molecular flexibility index (Phi) is 5.88. The van der Waals surface area contributed by atoms with Gasteiger partial charge in [-0.2, -0.15) is 0 Å². The summed E-state index contributed by atoms with van der Waals surface area (Å²) >= 11 is 0. The van der Waals surface area contributed by atoms with Crippen molar-refractivity contribution < 1.29 is 4.79 Å². The normalized spacial score (nSPS) is 10.8. The van der Waals surface area contributed by atoms with Gasteiger partial charge in [0, 0.05) is 37.0 Å². The van der Waals surface area contributed by atoms with Crippen LogP contribution >= 0.6 is 0 Å². The number of aryl methyl sites for hydroxylation is 1. The van der Waals surface area contributed by atoms with Gasteiger partial charge in [-0.25, -0.2) is 0 Å². The van der Waals surface area contributed by atoms with Crippen LogP contribution in [0.25, 0.3) is 11.3 Å². The number of carbonyl (C=O) groups is 1. The Morgan fingerprint density at radius 1 is 1.13 bits per heavy atom. The molecule has 1 amide bonds. The van der Waals surface area contributed by atoms with E-state index in [1.54, 1.807) is 6.20 Å². The lowest BCUT2D eigenvalue weighted by atomic mass is 10.0. The monoisotopic (exact) mass is 311 g/mol. The molecule has 0 aliphatic rings. The van der Waals surface area contributed by atoms with Crippen LogP contribution in [0.3, 0.4) is 0 Å². The van der Waals surface area contributed by atoms with E-state index >= 15 is 0 Å². The molecule has 1 heterocycles. The topological polar surface area (TPSA) is 36.4 Å². The summed E-state index contributed by atoms with van der Waals surface area (Å²) in [4.78, 5) is 21.2. The lowest BCUT2D eigenvalue weighted by Crippen LogP contribution is -2.36. The molecule has 1 aromatic heterocycles. The molecule has 4 heteroatoms. The molecule has 2 rings (SSSR count). The lowest BCUT2D eigenvalue weighted by molar-refractivity contribution is 0.0754. The van der Waals surface area contributed by atoms with Crippen LogP contribution in [-0.2, 0) is 0 Å². The maximum Gasteiger partial charge on any atom is 0.253 e. The van der Waals surface area contributed by atoms with Crippen molar-refractivity contribution in [2.24, 2.45) is 0 Å². The predicted molar refractivity (Wildman–Crippen MR) is 94.5 cm³/mol. The van der Waals surface area contributed by atoms with Gasteiger partial charge in [0.05, 0.1) is 5.69 Å². The van der Waals surface area contributed by atoms with E-state index in [9.17, 15) is 4.79 Å². The number of hydrogen-bond acceptors (Lipinski definition) is 3. The summed E-state index contributed by atoms with van der Waals surface area (Å²) < 4.78 is 0. The molecule has 0 unspecified atom stereocenters. The van der Waals surface area contributed by atoms with Crippen LogP contribution in [0.4, 0.5) is 0 Å². The molecule has 1 aromatic carbocycles. The van der Waals surface area contributed by atoms with Gasteiger partial charge in [0.25, 0.3) is 5.91 Å². The highest BCUT2D eigenvalue weighted by Crippen LogP contribution is 2.22. The van der Waals surface area contributed by atoms with E-state index in [-0.39, 0.29) is 5.91 Å². The zero-order valence-corrected chi connectivity index (χ0v) is 14.4. The highest BCUT2D eigenvalue weighted by molar-refractivity contribution is 5.95. The highest BCUT2D eigenvalue weighted by atomic mass is 16.2. The molecule has 0 bridgehead atoms. The lowest BCUT2D eigenvalue weighted by Gasteiger charge is -2.23. The van der Waals surface area contributed by atoms with Gasteiger partial charge in [0.1, 0.15) is 0 Å². The molecule has 4 nitrogen and oxygen atoms in total. The average molecular weight is 311 g/mol. The average Bonchev–Trinajstić information content (AvgIpc) is 2.55. The second-order valence-electron chi connectivity index (χ2n) is 5.94. The number of nitrogens with zero attached hydrogens (tertiary/aromatic N) is 3. The summed E-state index contributed by atoms with van der Waals surface area (Å²) in [5.74, 6) is 0.0739. The third-order valence-corrected chi connectivity index (χ3v) is 3.88. The third-order valence-electron chi connectivity index (χ3n) is 3.88. The Bertz CT molecular complexity index is 667. The first-order valence-corrected chi connectivity index (χ1v) is 7.99. The SMILES string of the molecule is CCN(CCN(C)C)C(=O)c1cccc(-c2ncccc2C)c1. The van der Waals surface area contributed by atoms with Gasteiger partial charge in [-0.15, -0.1) is 0 Å². The van der Waals surface area contributed by atoms with Crippen LogP contribution in [0.5, 0.6) is 0 Å². The van der Waals surface area contributed by atoms with Gasteiger partial charge in [0.2, 0.25) is 0 Å². The Morgan fingerprint density at radius 2 is 1.91 bits per heavy atom. The number of amides is 1. The van der Waals surface area contributed by atoms with Crippen LogP contribution < -0.4 is 0 Å². The molecule has 0 saturated carbocycles. The van der Waals surface area contributed by atoms with Crippen LogP contribution in [0, 0.1) is 6.92 Å². The number of aromatic nitrogens is 1. The van der Waals surface area contributed by atoms with Crippen molar-refractivity contribution >= 4 is 5.91 Å². The number of benzene rings is 1. The van der Waals surface area contributed by atoms with Crippen molar-refractivity contribution in [3.8, 4) is 11.3 Å². The molecule has 2 aromatic rings. The van der Waals surface area contributed by atoms with Crippen molar-refractivity contribution in [1.29, 1.82) is 0 Å². The fraction of sp³-hybridized carbons (Fsp3) is 0.368. The summed E-state index contributed by atoms with van der Waals surface area (Å²) in [5.41, 5.74) is 3.74. The number of likely N-dealkylation sites (N-methyl/N-ethyl adjacent to an activating group) is 2. The van der Waals surface area contributed by atoms with Crippen LogP contribution in [0.15, 0.2) is 42.6 Å². The zero-order valence-electron chi connectivity index (χ0n) is 14.4. The molecule has 23 heavy (non-hydrogen) atoms. The van der Waals surface area contributed by atoms with Crippen LogP contribution in [0.2, 0.25) is 0 Å².